The molecule has 0 radical (unpaired) electrons. The molecule has 4 nitrogen and oxygen atoms in total. The molecule has 0 aliphatic carbocycles. The first-order valence-corrected chi connectivity index (χ1v) is 8.43. The number of hydrogen-bond acceptors (Lipinski definition) is 4. The van der Waals surface area contributed by atoms with Crippen molar-refractivity contribution >= 4 is 11.9 Å². The largest absolute Gasteiger partial charge is 0.465 e. The Hall–Kier alpha value is -1.06. The van der Waals surface area contributed by atoms with Gasteiger partial charge in [0.2, 0.25) is 0 Å². The molecule has 0 saturated carbocycles. The molecule has 0 aromatic rings. The van der Waals surface area contributed by atoms with Gasteiger partial charge in [0.1, 0.15) is 0 Å². The van der Waals surface area contributed by atoms with E-state index in [0.29, 0.717) is 26.1 Å². The highest BCUT2D eigenvalue weighted by molar-refractivity contribution is 6.00. The van der Waals surface area contributed by atoms with Crippen LogP contribution >= 0.6 is 0 Å². The minimum Gasteiger partial charge on any atom is -0.465 e. The third-order valence-electron chi connectivity index (χ3n) is 3.80. The lowest BCUT2D eigenvalue weighted by atomic mass is 9.80. The zero-order chi connectivity index (χ0) is 16.1. The van der Waals surface area contributed by atoms with E-state index < -0.39 is 17.4 Å². The van der Waals surface area contributed by atoms with Crippen molar-refractivity contribution in [1.82, 2.24) is 0 Å². The first-order chi connectivity index (χ1) is 10.1. The molecule has 4 heteroatoms. The standard InChI is InChI=1S/C17H32O4/c1-5-9-12-17(8-4,15(18)20-13-10-6-2)16(19)21-14-11-7-3/h5-14H2,1-4H3. The number of carbonyl (C=O) groups is 2. The average Bonchev–Trinajstić information content (AvgIpc) is 2.49. The van der Waals surface area contributed by atoms with E-state index in [1.807, 2.05) is 27.7 Å². The van der Waals surface area contributed by atoms with Crippen molar-refractivity contribution < 1.29 is 19.1 Å². The quantitative estimate of drug-likeness (QED) is 0.307. The van der Waals surface area contributed by atoms with Crippen LogP contribution in [0.25, 0.3) is 0 Å². The highest BCUT2D eigenvalue weighted by Crippen LogP contribution is 2.32. The van der Waals surface area contributed by atoms with Crippen molar-refractivity contribution in [3.8, 4) is 0 Å². The van der Waals surface area contributed by atoms with Gasteiger partial charge >= 0.3 is 11.9 Å². The van der Waals surface area contributed by atoms with Crippen LogP contribution < -0.4 is 0 Å². The summed E-state index contributed by atoms with van der Waals surface area (Å²) in [5, 5.41) is 0. The molecule has 124 valence electrons. The minimum atomic E-state index is -1.11. The van der Waals surface area contributed by atoms with Crippen LogP contribution in [0.1, 0.15) is 79.1 Å². The second-order valence-corrected chi connectivity index (χ2v) is 5.52. The summed E-state index contributed by atoms with van der Waals surface area (Å²) in [5.41, 5.74) is -1.11. The van der Waals surface area contributed by atoms with Gasteiger partial charge in [-0.15, -0.1) is 0 Å². The summed E-state index contributed by atoms with van der Waals surface area (Å²) < 4.78 is 10.6. The molecule has 0 aliphatic heterocycles. The summed E-state index contributed by atoms with van der Waals surface area (Å²) in [7, 11) is 0. The van der Waals surface area contributed by atoms with Gasteiger partial charge in [-0.2, -0.15) is 0 Å². The average molecular weight is 300 g/mol. The number of rotatable bonds is 12. The van der Waals surface area contributed by atoms with Gasteiger partial charge in [-0.1, -0.05) is 53.4 Å². The Morgan fingerprint density at radius 2 is 1.19 bits per heavy atom. The predicted molar refractivity (Wildman–Crippen MR) is 84.0 cm³/mol. The Labute approximate surface area is 129 Å². The lowest BCUT2D eigenvalue weighted by molar-refractivity contribution is -0.174. The van der Waals surface area contributed by atoms with E-state index in [-0.39, 0.29) is 0 Å². The van der Waals surface area contributed by atoms with Gasteiger partial charge in [0, 0.05) is 0 Å². The number of ether oxygens (including phenoxy) is 2. The normalized spacial score (nSPS) is 11.2. The number of unbranched alkanes of at least 4 members (excludes halogenated alkanes) is 3. The van der Waals surface area contributed by atoms with Crippen LogP contribution in [0, 0.1) is 5.41 Å². The first-order valence-electron chi connectivity index (χ1n) is 8.43. The van der Waals surface area contributed by atoms with E-state index in [2.05, 4.69) is 0 Å². The molecular formula is C17H32O4. The molecule has 0 aromatic carbocycles. The lowest BCUT2D eigenvalue weighted by Gasteiger charge is -2.28. The number of esters is 2. The molecule has 0 fully saturated rings. The third kappa shape index (κ3) is 6.49. The highest BCUT2D eigenvalue weighted by Gasteiger charge is 2.46. The Bertz CT molecular complexity index is 277. The van der Waals surface area contributed by atoms with Crippen molar-refractivity contribution in [1.29, 1.82) is 0 Å². The fourth-order valence-electron chi connectivity index (χ4n) is 2.13. The lowest BCUT2D eigenvalue weighted by Crippen LogP contribution is -2.42. The number of hydrogen-bond donors (Lipinski definition) is 0. The van der Waals surface area contributed by atoms with Gasteiger partial charge in [-0.3, -0.25) is 9.59 Å². The molecule has 0 spiro atoms. The summed E-state index contributed by atoms with van der Waals surface area (Å²) in [6.45, 7) is 8.74. The van der Waals surface area contributed by atoms with Gasteiger partial charge in [-0.05, 0) is 25.7 Å². The molecule has 0 bridgehead atoms. The smallest absolute Gasteiger partial charge is 0.323 e. The third-order valence-corrected chi connectivity index (χ3v) is 3.80. The van der Waals surface area contributed by atoms with Crippen molar-refractivity contribution in [2.45, 2.75) is 79.1 Å². The predicted octanol–water partition coefficient (Wildman–Crippen LogP) is 4.26. The Morgan fingerprint density at radius 3 is 1.52 bits per heavy atom. The Morgan fingerprint density at radius 1 is 0.762 bits per heavy atom. The van der Waals surface area contributed by atoms with E-state index >= 15 is 0 Å². The zero-order valence-corrected chi connectivity index (χ0v) is 14.2. The van der Waals surface area contributed by atoms with Crippen molar-refractivity contribution in [3.05, 3.63) is 0 Å². The summed E-state index contributed by atoms with van der Waals surface area (Å²) in [6.07, 6.45) is 6.27. The summed E-state index contributed by atoms with van der Waals surface area (Å²) in [6, 6.07) is 0. The Kier molecular flexibility index (Phi) is 11.0. The van der Waals surface area contributed by atoms with Crippen molar-refractivity contribution in [2.75, 3.05) is 13.2 Å². The van der Waals surface area contributed by atoms with Crippen LogP contribution in [0.4, 0.5) is 0 Å². The van der Waals surface area contributed by atoms with Crippen LogP contribution in [0.15, 0.2) is 0 Å². The zero-order valence-electron chi connectivity index (χ0n) is 14.2. The molecule has 0 amide bonds. The fourth-order valence-corrected chi connectivity index (χ4v) is 2.13. The van der Waals surface area contributed by atoms with Crippen LogP contribution in [0.3, 0.4) is 0 Å². The van der Waals surface area contributed by atoms with Gasteiger partial charge < -0.3 is 9.47 Å². The minimum absolute atomic E-state index is 0.380. The molecule has 0 aliphatic rings. The van der Waals surface area contributed by atoms with E-state index in [4.69, 9.17) is 9.47 Å². The molecule has 0 rings (SSSR count). The second-order valence-electron chi connectivity index (χ2n) is 5.52. The van der Waals surface area contributed by atoms with Crippen molar-refractivity contribution in [3.63, 3.8) is 0 Å². The highest BCUT2D eigenvalue weighted by atomic mass is 16.6. The maximum absolute atomic E-state index is 12.4. The van der Waals surface area contributed by atoms with Crippen LogP contribution in [-0.4, -0.2) is 25.2 Å². The van der Waals surface area contributed by atoms with Gasteiger partial charge in [-0.25, -0.2) is 0 Å². The van der Waals surface area contributed by atoms with Crippen molar-refractivity contribution in [2.24, 2.45) is 5.41 Å². The van der Waals surface area contributed by atoms with Gasteiger partial charge in [0.25, 0.3) is 0 Å². The molecule has 0 atom stereocenters. The van der Waals surface area contributed by atoms with E-state index in [1.165, 1.54) is 0 Å². The van der Waals surface area contributed by atoms with E-state index in [0.717, 1.165) is 38.5 Å². The summed E-state index contributed by atoms with van der Waals surface area (Å²) >= 11 is 0. The summed E-state index contributed by atoms with van der Waals surface area (Å²) in [5.74, 6) is -0.818. The Balaban J connectivity index is 4.86. The molecule has 0 heterocycles. The second kappa shape index (κ2) is 11.6. The molecule has 0 N–H and O–H groups in total. The maximum Gasteiger partial charge on any atom is 0.323 e. The summed E-state index contributed by atoms with van der Waals surface area (Å²) in [4.78, 5) is 24.9. The first kappa shape index (κ1) is 19.9. The maximum atomic E-state index is 12.4. The van der Waals surface area contributed by atoms with Crippen LogP contribution in [-0.2, 0) is 19.1 Å². The number of carbonyl (C=O) groups excluding carboxylic acids is 2. The molecular weight excluding hydrogens is 268 g/mol. The van der Waals surface area contributed by atoms with E-state index in [1.54, 1.807) is 0 Å². The molecule has 21 heavy (non-hydrogen) atoms. The van der Waals surface area contributed by atoms with Gasteiger partial charge in [0.15, 0.2) is 5.41 Å². The SMILES string of the molecule is CCCCOC(=O)C(CC)(CCCC)C(=O)OCCCC. The van der Waals surface area contributed by atoms with Gasteiger partial charge in [0.05, 0.1) is 13.2 Å². The topological polar surface area (TPSA) is 52.6 Å². The molecule has 0 unspecified atom stereocenters. The molecule has 0 aromatic heterocycles. The van der Waals surface area contributed by atoms with E-state index in [9.17, 15) is 9.59 Å². The van der Waals surface area contributed by atoms with Crippen LogP contribution in [0.5, 0.6) is 0 Å². The monoisotopic (exact) mass is 300 g/mol. The fraction of sp³-hybridized carbons (Fsp3) is 0.882. The molecule has 0 saturated heterocycles. The van der Waals surface area contributed by atoms with Crippen LogP contribution in [0.2, 0.25) is 0 Å².